The molecule has 2 amide bonds. The second-order valence-corrected chi connectivity index (χ2v) is 9.23. The number of aliphatic hydroxyl groups is 1. The summed E-state index contributed by atoms with van der Waals surface area (Å²) in [6.45, 7) is 3.57. The minimum atomic E-state index is -3.83. The Labute approximate surface area is 165 Å². The number of aromatic nitrogens is 1. The van der Waals surface area contributed by atoms with E-state index in [2.05, 4.69) is 10.3 Å². The zero-order chi connectivity index (χ0) is 20.9. The molecule has 0 aliphatic carbocycles. The summed E-state index contributed by atoms with van der Waals surface area (Å²) in [5.41, 5.74) is 5.72. The number of β-amino-alcohol motifs (C(OH)–C–C–N with tert-alkyl or cyclic N) is 1. The fraction of sp³-hybridized carbons (Fsp3) is 0.611. The lowest BCUT2D eigenvalue weighted by molar-refractivity contribution is -0.124. The Bertz CT molecular complexity index is 814. The molecular weight excluding hydrogens is 384 g/mol. The molecule has 0 bridgehead atoms. The number of nitrogens with two attached hydrogens (primary N) is 1. The summed E-state index contributed by atoms with van der Waals surface area (Å²) in [5, 5.41) is 13.2. The number of primary amides is 1. The van der Waals surface area contributed by atoms with Gasteiger partial charge in [0.15, 0.2) is 5.03 Å². The highest BCUT2D eigenvalue weighted by atomic mass is 32.2. The molecule has 2 rings (SSSR count). The van der Waals surface area contributed by atoms with Gasteiger partial charge in [-0.3, -0.25) is 9.59 Å². The fourth-order valence-corrected chi connectivity index (χ4v) is 4.78. The van der Waals surface area contributed by atoms with Crippen LogP contribution in [0.15, 0.2) is 23.2 Å². The topological polar surface area (TPSA) is 143 Å². The summed E-state index contributed by atoms with van der Waals surface area (Å²) in [5.74, 6) is -0.973. The lowest BCUT2D eigenvalue weighted by atomic mass is 10.0. The molecule has 1 aromatic heterocycles. The summed E-state index contributed by atoms with van der Waals surface area (Å²) in [7, 11) is -3.83. The molecule has 0 radical (unpaired) electrons. The molecule has 3 atom stereocenters. The maximum Gasteiger partial charge on any atom is 0.260 e. The Morgan fingerprint density at radius 3 is 2.75 bits per heavy atom. The molecule has 1 aliphatic heterocycles. The smallest absolute Gasteiger partial charge is 0.260 e. The normalized spacial score (nSPS) is 22.2. The third kappa shape index (κ3) is 5.98. The second kappa shape index (κ2) is 9.44. The molecule has 1 aromatic rings. The first-order chi connectivity index (χ1) is 13.1. The number of hydrogen-bond acceptors (Lipinski definition) is 6. The van der Waals surface area contributed by atoms with Gasteiger partial charge in [-0.05, 0) is 37.8 Å². The average molecular weight is 413 g/mol. The lowest BCUT2D eigenvalue weighted by Crippen LogP contribution is -2.47. The van der Waals surface area contributed by atoms with Crippen molar-refractivity contribution in [3.05, 3.63) is 23.9 Å². The van der Waals surface area contributed by atoms with E-state index in [-0.39, 0.29) is 42.8 Å². The maximum absolute atomic E-state index is 12.8. The van der Waals surface area contributed by atoms with Crippen LogP contribution in [0.25, 0.3) is 0 Å². The molecule has 1 fully saturated rings. The number of rotatable bonds is 7. The number of nitrogens with zero attached hydrogens (tertiary/aromatic N) is 2. The van der Waals surface area contributed by atoms with Crippen LogP contribution in [0.3, 0.4) is 0 Å². The summed E-state index contributed by atoms with van der Waals surface area (Å²) in [4.78, 5) is 27.2. The maximum atomic E-state index is 12.8. The van der Waals surface area contributed by atoms with E-state index < -0.39 is 28.1 Å². The van der Waals surface area contributed by atoms with Gasteiger partial charge in [0.05, 0.1) is 12.1 Å². The van der Waals surface area contributed by atoms with Crippen LogP contribution in [0, 0.1) is 12.8 Å². The van der Waals surface area contributed by atoms with Crippen molar-refractivity contribution in [2.75, 3.05) is 13.1 Å². The third-order valence-electron chi connectivity index (χ3n) is 4.67. The molecule has 156 valence electrons. The highest BCUT2D eigenvalue weighted by Crippen LogP contribution is 2.20. The van der Waals surface area contributed by atoms with Crippen LogP contribution in [0.5, 0.6) is 0 Å². The van der Waals surface area contributed by atoms with Crippen molar-refractivity contribution in [1.82, 2.24) is 14.6 Å². The van der Waals surface area contributed by atoms with E-state index in [1.807, 2.05) is 0 Å². The Kier molecular flexibility index (Phi) is 7.50. The zero-order valence-electron chi connectivity index (χ0n) is 16.2. The standard InChI is InChI=1S/C18H28N4O5S/c1-12(9-16(19)24)10-17(25)21-14-6-4-8-22(11-15(14)23)28(26,27)18-7-3-5-13(2)20-18/h3,5,7,12,14-15,23H,4,6,8-11H2,1-2H3,(H2,19,24)(H,21,25)/t12-,14?,15?/m0/s1. The molecule has 9 nitrogen and oxygen atoms in total. The van der Waals surface area contributed by atoms with Crippen molar-refractivity contribution in [1.29, 1.82) is 0 Å². The predicted molar refractivity (Wildman–Crippen MR) is 102 cm³/mol. The van der Waals surface area contributed by atoms with Gasteiger partial charge in [-0.2, -0.15) is 4.31 Å². The average Bonchev–Trinajstić information content (AvgIpc) is 2.76. The number of sulfonamides is 1. The third-order valence-corrected chi connectivity index (χ3v) is 6.44. The van der Waals surface area contributed by atoms with Crippen LogP contribution in [0.2, 0.25) is 0 Å². The Morgan fingerprint density at radius 1 is 1.39 bits per heavy atom. The van der Waals surface area contributed by atoms with Crippen LogP contribution >= 0.6 is 0 Å². The van der Waals surface area contributed by atoms with Crippen LogP contribution in [-0.2, 0) is 19.6 Å². The van der Waals surface area contributed by atoms with Crippen molar-refractivity contribution >= 4 is 21.8 Å². The molecule has 2 heterocycles. The Hall–Kier alpha value is -2.04. The molecule has 1 saturated heterocycles. The van der Waals surface area contributed by atoms with E-state index in [1.54, 1.807) is 26.0 Å². The molecule has 4 N–H and O–H groups in total. The highest BCUT2D eigenvalue weighted by Gasteiger charge is 2.34. The number of aryl methyl sites for hydroxylation is 1. The van der Waals surface area contributed by atoms with Crippen molar-refractivity contribution in [2.24, 2.45) is 11.7 Å². The number of amides is 2. The van der Waals surface area contributed by atoms with Crippen molar-refractivity contribution in [3.63, 3.8) is 0 Å². The van der Waals surface area contributed by atoms with E-state index in [1.165, 1.54) is 10.4 Å². The second-order valence-electron chi connectivity index (χ2n) is 7.34. The summed E-state index contributed by atoms with van der Waals surface area (Å²) in [6, 6.07) is 4.21. The summed E-state index contributed by atoms with van der Waals surface area (Å²) >= 11 is 0. The first-order valence-corrected chi connectivity index (χ1v) is 10.7. The van der Waals surface area contributed by atoms with Crippen molar-refractivity contribution in [3.8, 4) is 0 Å². The van der Waals surface area contributed by atoms with Crippen LogP contribution in [-0.4, -0.2) is 59.9 Å². The van der Waals surface area contributed by atoms with Gasteiger partial charge in [0.1, 0.15) is 0 Å². The van der Waals surface area contributed by atoms with E-state index in [4.69, 9.17) is 5.73 Å². The van der Waals surface area contributed by atoms with Crippen LogP contribution < -0.4 is 11.1 Å². The SMILES string of the molecule is Cc1cccc(S(=O)(=O)N2CCCC(NC(=O)C[C@@H](C)CC(N)=O)C(O)C2)n1. The lowest BCUT2D eigenvalue weighted by Gasteiger charge is -2.25. The number of pyridine rings is 1. The molecule has 28 heavy (non-hydrogen) atoms. The predicted octanol–water partition coefficient (Wildman–Crippen LogP) is -0.0782. The van der Waals surface area contributed by atoms with Gasteiger partial charge in [0.25, 0.3) is 10.0 Å². The van der Waals surface area contributed by atoms with Crippen LogP contribution in [0.1, 0.15) is 38.3 Å². The van der Waals surface area contributed by atoms with Gasteiger partial charge >= 0.3 is 0 Å². The van der Waals surface area contributed by atoms with E-state index in [0.29, 0.717) is 18.5 Å². The number of hydrogen-bond donors (Lipinski definition) is 3. The summed E-state index contributed by atoms with van der Waals surface area (Å²) < 4.78 is 26.9. The van der Waals surface area contributed by atoms with Gasteiger partial charge in [0.2, 0.25) is 11.8 Å². The minimum Gasteiger partial charge on any atom is -0.390 e. The number of nitrogens with one attached hydrogen (secondary N) is 1. The van der Waals surface area contributed by atoms with E-state index in [9.17, 15) is 23.1 Å². The molecule has 0 spiro atoms. The Balaban J connectivity index is 2.01. The fourth-order valence-electron chi connectivity index (χ4n) is 3.29. The molecular formula is C18H28N4O5S. The molecule has 1 aliphatic rings. The monoisotopic (exact) mass is 412 g/mol. The molecule has 0 aromatic carbocycles. The highest BCUT2D eigenvalue weighted by molar-refractivity contribution is 7.89. The van der Waals surface area contributed by atoms with E-state index in [0.717, 1.165) is 0 Å². The van der Waals surface area contributed by atoms with E-state index >= 15 is 0 Å². The van der Waals surface area contributed by atoms with Gasteiger partial charge < -0.3 is 16.2 Å². The zero-order valence-corrected chi connectivity index (χ0v) is 17.0. The number of carbonyl (C=O) groups is 2. The molecule has 2 unspecified atom stereocenters. The number of aliphatic hydroxyl groups excluding tert-OH is 1. The Morgan fingerprint density at radius 2 is 2.11 bits per heavy atom. The quantitative estimate of drug-likeness (QED) is 0.572. The summed E-state index contributed by atoms with van der Waals surface area (Å²) in [6.07, 6.45) is 0.115. The minimum absolute atomic E-state index is 0.0533. The first-order valence-electron chi connectivity index (χ1n) is 9.29. The van der Waals surface area contributed by atoms with Crippen molar-refractivity contribution < 1.29 is 23.1 Å². The van der Waals surface area contributed by atoms with Crippen molar-refractivity contribution in [2.45, 2.75) is 56.7 Å². The van der Waals surface area contributed by atoms with Gasteiger partial charge in [-0.25, -0.2) is 13.4 Å². The molecule has 0 saturated carbocycles. The van der Waals surface area contributed by atoms with Gasteiger partial charge in [-0.1, -0.05) is 13.0 Å². The molecule has 10 heteroatoms. The number of carbonyl (C=O) groups excluding carboxylic acids is 2. The van der Waals surface area contributed by atoms with Gasteiger partial charge in [0, 0.05) is 31.6 Å². The first kappa shape index (κ1) is 22.3. The largest absolute Gasteiger partial charge is 0.390 e. The van der Waals surface area contributed by atoms with Crippen LogP contribution in [0.4, 0.5) is 0 Å². The van der Waals surface area contributed by atoms with Gasteiger partial charge in [-0.15, -0.1) is 0 Å².